The third-order valence-corrected chi connectivity index (χ3v) is 3.62. The summed E-state index contributed by atoms with van der Waals surface area (Å²) < 4.78 is 0. The standard InChI is InChI=1S/C16H20N2O4/c1-11(20)13-14(12-5-3-2-4-6-12)18(16(22)15(13)21)9-7-17-8-10-19/h2-6,14,17,19,21H,7-10H2,1H3/t14-/m0/s1. The molecule has 0 saturated carbocycles. The topological polar surface area (TPSA) is 89.9 Å². The Labute approximate surface area is 129 Å². The van der Waals surface area contributed by atoms with Crippen molar-refractivity contribution in [2.24, 2.45) is 0 Å². The minimum absolute atomic E-state index is 0.0122. The number of aliphatic hydroxyl groups excluding tert-OH is 2. The van der Waals surface area contributed by atoms with Crippen molar-refractivity contribution in [1.82, 2.24) is 10.2 Å². The fraction of sp³-hybridized carbons (Fsp3) is 0.375. The third-order valence-electron chi connectivity index (χ3n) is 3.62. The SMILES string of the molecule is CC(=O)C1=C(O)C(=O)N(CCNCCO)[C@H]1c1ccccc1. The minimum Gasteiger partial charge on any atom is -0.503 e. The van der Waals surface area contributed by atoms with Crippen LogP contribution in [-0.4, -0.2) is 53.0 Å². The summed E-state index contributed by atoms with van der Waals surface area (Å²) in [4.78, 5) is 25.6. The van der Waals surface area contributed by atoms with Gasteiger partial charge in [0.15, 0.2) is 11.5 Å². The number of rotatable bonds is 7. The van der Waals surface area contributed by atoms with Gasteiger partial charge >= 0.3 is 0 Å². The Kier molecular flexibility index (Phi) is 5.30. The largest absolute Gasteiger partial charge is 0.503 e. The zero-order valence-corrected chi connectivity index (χ0v) is 12.5. The van der Waals surface area contributed by atoms with Crippen LogP contribution in [-0.2, 0) is 9.59 Å². The lowest BCUT2D eigenvalue weighted by Crippen LogP contribution is -2.37. The molecule has 0 saturated heterocycles. The summed E-state index contributed by atoms with van der Waals surface area (Å²) in [6, 6.07) is 8.60. The van der Waals surface area contributed by atoms with Crippen LogP contribution in [0.1, 0.15) is 18.5 Å². The first-order valence-electron chi connectivity index (χ1n) is 7.19. The number of Topliss-reactive ketones (excluding diaryl/α,β-unsaturated/α-hetero) is 1. The second-order valence-electron chi connectivity index (χ2n) is 5.10. The van der Waals surface area contributed by atoms with Crippen LogP contribution in [0.15, 0.2) is 41.7 Å². The van der Waals surface area contributed by atoms with Crippen LogP contribution in [0.3, 0.4) is 0 Å². The van der Waals surface area contributed by atoms with Gasteiger partial charge in [-0.3, -0.25) is 9.59 Å². The van der Waals surface area contributed by atoms with E-state index in [1.807, 2.05) is 30.3 Å². The van der Waals surface area contributed by atoms with Crippen LogP contribution < -0.4 is 5.32 Å². The Balaban J connectivity index is 2.28. The molecule has 1 aliphatic rings. The monoisotopic (exact) mass is 304 g/mol. The fourth-order valence-corrected chi connectivity index (χ4v) is 2.63. The first-order chi connectivity index (χ1) is 10.6. The number of aliphatic hydroxyl groups is 2. The molecule has 1 amide bonds. The maximum absolute atomic E-state index is 12.3. The summed E-state index contributed by atoms with van der Waals surface area (Å²) in [5, 5.41) is 21.8. The Hall–Kier alpha value is -2.18. The molecular formula is C16H20N2O4. The van der Waals surface area contributed by atoms with Gasteiger partial charge in [-0.15, -0.1) is 0 Å². The van der Waals surface area contributed by atoms with Gasteiger partial charge < -0.3 is 20.4 Å². The van der Waals surface area contributed by atoms with Gasteiger partial charge in [-0.2, -0.15) is 0 Å². The van der Waals surface area contributed by atoms with E-state index < -0.39 is 17.7 Å². The molecule has 0 spiro atoms. The number of hydrogen-bond acceptors (Lipinski definition) is 5. The van der Waals surface area contributed by atoms with Crippen LogP contribution in [0, 0.1) is 0 Å². The van der Waals surface area contributed by atoms with Crippen molar-refractivity contribution in [3.63, 3.8) is 0 Å². The molecule has 3 N–H and O–H groups in total. The highest BCUT2D eigenvalue weighted by Crippen LogP contribution is 2.37. The highest BCUT2D eigenvalue weighted by molar-refractivity contribution is 6.08. The molecule has 0 fully saturated rings. The summed E-state index contributed by atoms with van der Waals surface area (Å²) in [6.07, 6.45) is 0. The summed E-state index contributed by atoms with van der Waals surface area (Å²) in [5.74, 6) is -1.32. The number of nitrogens with zero attached hydrogens (tertiary/aromatic N) is 1. The van der Waals surface area contributed by atoms with Gasteiger partial charge in [-0.25, -0.2) is 0 Å². The number of ketones is 1. The summed E-state index contributed by atoms with van der Waals surface area (Å²) >= 11 is 0. The first-order valence-corrected chi connectivity index (χ1v) is 7.19. The maximum atomic E-state index is 12.3. The van der Waals surface area contributed by atoms with Crippen molar-refractivity contribution in [1.29, 1.82) is 0 Å². The van der Waals surface area contributed by atoms with Crippen molar-refractivity contribution < 1.29 is 19.8 Å². The molecular weight excluding hydrogens is 284 g/mol. The average molecular weight is 304 g/mol. The summed E-state index contributed by atoms with van der Waals surface area (Å²) in [6.45, 7) is 2.59. The van der Waals surface area contributed by atoms with Crippen LogP contribution in [0.5, 0.6) is 0 Å². The molecule has 6 heteroatoms. The van der Waals surface area contributed by atoms with Gasteiger partial charge in [-0.1, -0.05) is 30.3 Å². The predicted octanol–water partition coefficient (Wildman–Crippen LogP) is 0.553. The van der Waals surface area contributed by atoms with Crippen LogP contribution in [0.4, 0.5) is 0 Å². The van der Waals surface area contributed by atoms with Crippen molar-refractivity contribution in [3.05, 3.63) is 47.2 Å². The van der Waals surface area contributed by atoms with Gasteiger partial charge in [0.2, 0.25) is 0 Å². The van der Waals surface area contributed by atoms with Gasteiger partial charge in [0.1, 0.15) is 0 Å². The van der Waals surface area contributed by atoms with Gasteiger partial charge in [-0.05, 0) is 12.5 Å². The lowest BCUT2D eigenvalue weighted by molar-refractivity contribution is -0.129. The van der Waals surface area contributed by atoms with Gasteiger partial charge in [0.05, 0.1) is 18.2 Å². The Morgan fingerprint density at radius 1 is 1.27 bits per heavy atom. The van der Waals surface area contributed by atoms with Crippen LogP contribution in [0.25, 0.3) is 0 Å². The Bertz CT molecular complexity index is 583. The first kappa shape index (κ1) is 16.2. The third kappa shape index (κ3) is 3.18. The van der Waals surface area contributed by atoms with Crippen molar-refractivity contribution in [3.8, 4) is 0 Å². The van der Waals surface area contributed by atoms with E-state index in [1.165, 1.54) is 11.8 Å². The summed E-state index contributed by atoms with van der Waals surface area (Å²) in [5.41, 5.74) is 0.922. The fourth-order valence-electron chi connectivity index (χ4n) is 2.63. The van der Waals surface area contributed by atoms with Crippen molar-refractivity contribution in [2.45, 2.75) is 13.0 Å². The molecule has 0 radical (unpaired) electrons. The molecule has 0 aliphatic carbocycles. The van der Waals surface area contributed by atoms with Crippen LogP contribution in [0.2, 0.25) is 0 Å². The van der Waals surface area contributed by atoms with E-state index in [1.54, 1.807) is 0 Å². The normalized spacial score (nSPS) is 18.2. The van der Waals surface area contributed by atoms with Gasteiger partial charge in [0, 0.05) is 19.6 Å². The second-order valence-corrected chi connectivity index (χ2v) is 5.10. The molecule has 1 heterocycles. The van der Waals surface area contributed by atoms with E-state index in [2.05, 4.69) is 5.32 Å². The molecule has 0 bridgehead atoms. The molecule has 1 aliphatic heterocycles. The maximum Gasteiger partial charge on any atom is 0.290 e. The predicted molar refractivity (Wildman–Crippen MR) is 81.2 cm³/mol. The van der Waals surface area contributed by atoms with E-state index in [9.17, 15) is 14.7 Å². The van der Waals surface area contributed by atoms with Gasteiger partial charge in [0.25, 0.3) is 5.91 Å². The van der Waals surface area contributed by atoms with E-state index >= 15 is 0 Å². The Morgan fingerprint density at radius 3 is 2.55 bits per heavy atom. The zero-order valence-electron chi connectivity index (χ0n) is 12.5. The number of nitrogens with one attached hydrogen (secondary N) is 1. The van der Waals surface area contributed by atoms with Crippen molar-refractivity contribution >= 4 is 11.7 Å². The summed E-state index contributed by atoms with van der Waals surface area (Å²) in [7, 11) is 0. The molecule has 22 heavy (non-hydrogen) atoms. The molecule has 0 aromatic heterocycles. The number of hydrogen-bond donors (Lipinski definition) is 3. The quantitative estimate of drug-likeness (QED) is 0.640. The lowest BCUT2D eigenvalue weighted by atomic mass is 9.97. The number of carbonyl (C=O) groups is 2. The van der Waals surface area contributed by atoms with Crippen LogP contribution >= 0.6 is 0 Å². The molecule has 2 rings (SSSR count). The number of amides is 1. The zero-order chi connectivity index (χ0) is 16.1. The lowest BCUT2D eigenvalue weighted by Gasteiger charge is -2.26. The Morgan fingerprint density at radius 2 is 1.95 bits per heavy atom. The van der Waals surface area contributed by atoms with E-state index in [0.29, 0.717) is 19.6 Å². The molecule has 1 atom stereocenters. The number of benzene rings is 1. The molecule has 118 valence electrons. The molecule has 6 nitrogen and oxygen atoms in total. The van der Waals surface area contributed by atoms with E-state index in [0.717, 1.165) is 5.56 Å². The van der Waals surface area contributed by atoms with E-state index in [-0.39, 0.29) is 18.0 Å². The average Bonchev–Trinajstić information content (AvgIpc) is 2.77. The molecule has 1 aromatic rings. The smallest absolute Gasteiger partial charge is 0.290 e. The van der Waals surface area contributed by atoms with E-state index in [4.69, 9.17) is 5.11 Å². The second kappa shape index (κ2) is 7.20. The molecule has 1 aromatic carbocycles. The highest BCUT2D eigenvalue weighted by Gasteiger charge is 2.41. The molecule has 0 unspecified atom stereocenters. The van der Waals surface area contributed by atoms with Crippen molar-refractivity contribution in [2.75, 3.05) is 26.2 Å². The minimum atomic E-state index is -0.567. The highest BCUT2D eigenvalue weighted by atomic mass is 16.3. The number of carbonyl (C=O) groups excluding carboxylic acids is 2.